The largest absolute Gasteiger partial charge is 0.494 e. The number of methoxy groups -OCH3 is 1. The zero-order valence-corrected chi connectivity index (χ0v) is 17.3. The summed E-state index contributed by atoms with van der Waals surface area (Å²) in [5, 5.41) is 9.07. The van der Waals surface area contributed by atoms with Crippen molar-refractivity contribution in [2.24, 2.45) is 0 Å². The maximum Gasteiger partial charge on any atom is 0.333 e. The van der Waals surface area contributed by atoms with Crippen LogP contribution in [0.25, 0.3) is 11.1 Å². The number of hydrogen-bond donors (Lipinski definition) is 1. The summed E-state index contributed by atoms with van der Waals surface area (Å²) in [6.07, 6.45) is 2.57. The second-order valence-corrected chi connectivity index (χ2v) is 7.28. The molecule has 0 aliphatic heterocycles. The summed E-state index contributed by atoms with van der Waals surface area (Å²) in [5.41, 5.74) is 4.60. The molecule has 156 valence electrons. The molecule has 0 aliphatic rings. The summed E-state index contributed by atoms with van der Waals surface area (Å²) >= 11 is 0. The van der Waals surface area contributed by atoms with Gasteiger partial charge in [0.2, 0.25) is 0 Å². The minimum atomic E-state index is -0.934. The van der Waals surface area contributed by atoms with E-state index in [0.29, 0.717) is 13.0 Å². The van der Waals surface area contributed by atoms with Gasteiger partial charge in [-0.1, -0.05) is 66.7 Å². The highest BCUT2D eigenvalue weighted by Gasteiger charge is 2.16. The Morgan fingerprint density at radius 2 is 1.47 bits per heavy atom. The molecule has 0 saturated heterocycles. The van der Waals surface area contributed by atoms with Gasteiger partial charge in [-0.3, -0.25) is 0 Å². The molecule has 30 heavy (non-hydrogen) atoms. The van der Waals surface area contributed by atoms with Crippen LogP contribution in [0, 0.1) is 0 Å². The molecule has 1 unspecified atom stereocenters. The molecule has 0 saturated carbocycles. The fraction of sp³-hybridized carbons (Fsp3) is 0.269. The Morgan fingerprint density at radius 3 is 2.10 bits per heavy atom. The topological polar surface area (TPSA) is 55.8 Å². The van der Waals surface area contributed by atoms with Crippen molar-refractivity contribution in [1.82, 2.24) is 0 Å². The molecule has 4 heteroatoms. The van der Waals surface area contributed by atoms with Crippen molar-refractivity contribution in [3.63, 3.8) is 0 Å². The fourth-order valence-corrected chi connectivity index (χ4v) is 3.32. The molecule has 0 amide bonds. The Hall–Kier alpha value is -3.11. The first kappa shape index (κ1) is 21.6. The summed E-state index contributed by atoms with van der Waals surface area (Å²) in [5.74, 6) is -0.0403. The molecule has 1 N–H and O–H groups in total. The number of carboxylic acid groups (broad SMARTS) is 1. The molecule has 0 fully saturated rings. The minimum Gasteiger partial charge on any atom is -0.494 e. The van der Waals surface area contributed by atoms with Gasteiger partial charge < -0.3 is 14.6 Å². The van der Waals surface area contributed by atoms with Crippen LogP contribution < -0.4 is 4.74 Å². The average Bonchev–Trinajstić information content (AvgIpc) is 2.79. The van der Waals surface area contributed by atoms with Gasteiger partial charge in [-0.05, 0) is 53.6 Å². The molecule has 0 radical (unpaired) electrons. The van der Waals surface area contributed by atoms with Crippen molar-refractivity contribution in [1.29, 1.82) is 0 Å². The third kappa shape index (κ3) is 6.46. The normalized spacial score (nSPS) is 11.8. The zero-order chi connectivity index (χ0) is 21.2. The third-order valence-electron chi connectivity index (χ3n) is 5.09. The van der Waals surface area contributed by atoms with E-state index in [-0.39, 0.29) is 0 Å². The van der Waals surface area contributed by atoms with Crippen molar-refractivity contribution < 1.29 is 19.4 Å². The van der Waals surface area contributed by atoms with Gasteiger partial charge in [0.15, 0.2) is 6.10 Å². The number of hydrogen-bond acceptors (Lipinski definition) is 3. The SMILES string of the molecule is COC(Cc1ccc(CCCCOc2ccc(-c3ccccc3)cc2)cc1)C(=O)O. The number of carboxylic acids is 1. The average molecular weight is 405 g/mol. The summed E-state index contributed by atoms with van der Waals surface area (Å²) in [6, 6.07) is 26.6. The van der Waals surface area contributed by atoms with Crippen LogP contribution in [-0.2, 0) is 22.4 Å². The Balaban J connectivity index is 1.37. The standard InChI is InChI=1S/C26H28O4/c1-29-25(26(27)28)19-21-12-10-20(11-13-21)7-5-6-18-30-24-16-14-23(15-17-24)22-8-3-2-4-9-22/h2-4,8-17,25H,5-7,18-19H2,1H3,(H,27,28). The number of rotatable bonds is 11. The summed E-state index contributed by atoms with van der Waals surface area (Å²) in [4.78, 5) is 11.1. The van der Waals surface area contributed by atoms with E-state index in [9.17, 15) is 4.79 Å². The number of carbonyl (C=O) groups is 1. The second kappa shape index (κ2) is 11.2. The Morgan fingerprint density at radius 1 is 0.833 bits per heavy atom. The van der Waals surface area contributed by atoms with Crippen LogP contribution in [-0.4, -0.2) is 30.9 Å². The number of unbranched alkanes of at least 4 members (excludes halogenated alkanes) is 1. The van der Waals surface area contributed by atoms with Gasteiger partial charge in [0, 0.05) is 13.5 Å². The molecule has 0 heterocycles. The van der Waals surface area contributed by atoms with Gasteiger partial charge >= 0.3 is 5.97 Å². The molecule has 3 aromatic carbocycles. The van der Waals surface area contributed by atoms with E-state index in [1.165, 1.54) is 23.8 Å². The van der Waals surface area contributed by atoms with E-state index in [1.54, 1.807) is 0 Å². The lowest BCUT2D eigenvalue weighted by Crippen LogP contribution is -2.24. The van der Waals surface area contributed by atoms with Crippen molar-refractivity contribution in [3.05, 3.63) is 90.0 Å². The highest BCUT2D eigenvalue weighted by molar-refractivity contribution is 5.72. The van der Waals surface area contributed by atoms with Crippen LogP contribution in [0.3, 0.4) is 0 Å². The monoisotopic (exact) mass is 404 g/mol. The molecule has 0 aliphatic carbocycles. The van der Waals surface area contributed by atoms with Crippen molar-refractivity contribution in [2.45, 2.75) is 31.8 Å². The Labute approximate surface area is 178 Å². The van der Waals surface area contributed by atoms with Crippen molar-refractivity contribution in [3.8, 4) is 16.9 Å². The zero-order valence-electron chi connectivity index (χ0n) is 17.3. The summed E-state index contributed by atoms with van der Waals surface area (Å²) in [7, 11) is 1.42. The molecule has 0 aromatic heterocycles. The quantitative estimate of drug-likeness (QED) is 0.435. The predicted molar refractivity (Wildman–Crippen MR) is 119 cm³/mol. The van der Waals surface area contributed by atoms with Gasteiger partial charge in [-0.25, -0.2) is 4.79 Å². The lowest BCUT2D eigenvalue weighted by molar-refractivity contribution is -0.148. The van der Waals surface area contributed by atoms with Gasteiger partial charge in [0.1, 0.15) is 5.75 Å². The molecular formula is C26H28O4. The summed E-state index contributed by atoms with van der Waals surface area (Å²) < 4.78 is 10.9. The van der Waals surface area contributed by atoms with E-state index in [1.807, 2.05) is 42.5 Å². The summed E-state index contributed by atoms with van der Waals surface area (Å²) in [6.45, 7) is 0.691. The van der Waals surface area contributed by atoms with Crippen LogP contribution in [0.15, 0.2) is 78.9 Å². The third-order valence-corrected chi connectivity index (χ3v) is 5.09. The van der Waals surface area contributed by atoms with Crippen LogP contribution in [0.5, 0.6) is 5.75 Å². The smallest absolute Gasteiger partial charge is 0.333 e. The van der Waals surface area contributed by atoms with Crippen LogP contribution in [0.4, 0.5) is 0 Å². The van der Waals surface area contributed by atoms with Gasteiger partial charge in [-0.15, -0.1) is 0 Å². The lowest BCUT2D eigenvalue weighted by Gasteiger charge is -2.11. The first-order valence-electron chi connectivity index (χ1n) is 10.3. The Bertz CT molecular complexity index is 902. The maximum absolute atomic E-state index is 11.1. The van der Waals surface area contributed by atoms with Crippen LogP contribution in [0.2, 0.25) is 0 Å². The van der Waals surface area contributed by atoms with Gasteiger partial charge in [-0.2, -0.15) is 0 Å². The highest BCUT2D eigenvalue weighted by atomic mass is 16.5. The van der Waals surface area contributed by atoms with E-state index < -0.39 is 12.1 Å². The van der Waals surface area contributed by atoms with Crippen molar-refractivity contribution in [2.75, 3.05) is 13.7 Å². The maximum atomic E-state index is 11.1. The minimum absolute atomic E-state index is 0.378. The van der Waals surface area contributed by atoms with E-state index in [0.717, 1.165) is 30.6 Å². The van der Waals surface area contributed by atoms with E-state index >= 15 is 0 Å². The number of aliphatic carboxylic acids is 1. The first-order chi connectivity index (χ1) is 14.7. The lowest BCUT2D eigenvalue weighted by atomic mass is 10.0. The molecule has 3 aromatic rings. The molecule has 1 atom stereocenters. The van der Waals surface area contributed by atoms with Crippen LogP contribution in [0.1, 0.15) is 24.0 Å². The van der Waals surface area contributed by atoms with E-state index in [4.69, 9.17) is 14.6 Å². The predicted octanol–water partition coefficient (Wildman–Crippen LogP) is 5.40. The number of ether oxygens (including phenoxy) is 2. The van der Waals surface area contributed by atoms with Gasteiger partial charge in [0.25, 0.3) is 0 Å². The van der Waals surface area contributed by atoms with Gasteiger partial charge in [0.05, 0.1) is 6.61 Å². The number of aryl methyl sites for hydroxylation is 1. The number of benzene rings is 3. The molecular weight excluding hydrogens is 376 g/mol. The molecule has 0 bridgehead atoms. The highest BCUT2D eigenvalue weighted by Crippen LogP contribution is 2.22. The molecule has 3 rings (SSSR count). The second-order valence-electron chi connectivity index (χ2n) is 7.28. The van der Waals surface area contributed by atoms with E-state index in [2.05, 4.69) is 36.4 Å². The van der Waals surface area contributed by atoms with Crippen LogP contribution >= 0.6 is 0 Å². The molecule has 0 spiro atoms. The Kier molecular flexibility index (Phi) is 8.04. The first-order valence-corrected chi connectivity index (χ1v) is 10.3. The van der Waals surface area contributed by atoms with Crippen molar-refractivity contribution >= 4 is 5.97 Å². The molecule has 4 nitrogen and oxygen atoms in total. The fourth-order valence-electron chi connectivity index (χ4n) is 3.32.